The van der Waals surface area contributed by atoms with E-state index in [9.17, 15) is 4.79 Å². The van der Waals surface area contributed by atoms with E-state index in [4.69, 9.17) is 21.1 Å². The minimum absolute atomic E-state index is 0.0810. The maximum Gasteiger partial charge on any atom is 0.224 e. The van der Waals surface area contributed by atoms with Gasteiger partial charge in [-0.15, -0.1) is 0 Å². The SMILES string of the molecule is COc1ccc(Cl)cc1[C@H]1C[C@@H]1CNCCCCOc1ccc2c(c1)NC(=O)CC2. The van der Waals surface area contributed by atoms with Gasteiger partial charge >= 0.3 is 0 Å². The second-order valence-corrected chi connectivity index (χ2v) is 8.55. The second kappa shape index (κ2) is 9.71. The minimum Gasteiger partial charge on any atom is -0.496 e. The predicted molar refractivity (Wildman–Crippen MR) is 120 cm³/mol. The van der Waals surface area contributed by atoms with Gasteiger partial charge in [0.15, 0.2) is 0 Å². The number of methoxy groups -OCH3 is 1. The molecule has 2 atom stereocenters. The van der Waals surface area contributed by atoms with Crippen molar-refractivity contribution in [1.29, 1.82) is 0 Å². The van der Waals surface area contributed by atoms with Crippen LogP contribution in [0.1, 0.15) is 42.7 Å². The Hall–Kier alpha value is -2.24. The van der Waals surface area contributed by atoms with Gasteiger partial charge in [-0.2, -0.15) is 0 Å². The number of amides is 1. The van der Waals surface area contributed by atoms with Gasteiger partial charge in [-0.25, -0.2) is 0 Å². The van der Waals surface area contributed by atoms with E-state index >= 15 is 0 Å². The molecule has 6 heteroatoms. The molecular formula is C24H29ClN2O3. The average Bonchev–Trinajstić information content (AvgIpc) is 3.52. The number of rotatable bonds is 10. The van der Waals surface area contributed by atoms with Gasteiger partial charge in [0.05, 0.1) is 13.7 Å². The molecule has 1 aliphatic carbocycles. The fourth-order valence-corrected chi connectivity index (χ4v) is 4.30. The van der Waals surface area contributed by atoms with E-state index in [1.54, 1.807) is 7.11 Å². The standard InChI is InChI=1S/C24H29ClN2O3/c1-29-23-8-6-18(25)13-21(23)20-12-17(20)15-26-10-2-3-11-30-19-7-4-16-5-9-24(28)27-22(16)14-19/h4,6-8,13-14,17,20,26H,2-3,5,9-12,15H2,1H3,(H,27,28)/t17-,20+/m1/s1. The van der Waals surface area contributed by atoms with E-state index in [2.05, 4.69) is 10.6 Å². The molecule has 2 aromatic carbocycles. The van der Waals surface area contributed by atoms with E-state index in [1.165, 1.54) is 17.5 Å². The first kappa shape index (κ1) is 21.0. The van der Waals surface area contributed by atoms with Crippen molar-refractivity contribution >= 4 is 23.2 Å². The van der Waals surface area contributed by atoms with Gasteiger partial charge in [-0.05, 0) is 86.0 Å². The van der Waals surface area contributed by atoms with Crippen molar-refractivity contribution in [3.05, 3.63) is 52.5 Å². The summed E-state index contributed by atoms with van der Waals surface area (Å²) >= 11 is 6.15. The Bertz CT molecular complexity index is 902. The maximum atomic E-state index is 11.5. The van der Waals surface area contributed by atoms with Crippen LogP contribution in [0.3, 0.4) is 0 Å². The molecule has 2 aromatic rings. The van der Waals surface area contributed by atoms with Crippen LogP contribution in [0, 0.1) is 5.92 Å². The molecule has 1 amide bonds. The first-order chi connectivity index (χ1) is 14.6. The largest absolute Gasteiger partial charge is 0.496 e. The third-order valence-electron chi connectivity index (χ3n) is 5.91. The molecular weight excluding hydrogens is 400 g/mol. The van der Waals surface area contributed by atoms with Crippen LogP contribution in [0.5, 0.6) is 11.5 Å². The van der Waals surface area contributed by atoms with Gasteiger partial charge in [0.25, 0.3) is 0 Å². The third-order valence-corrected chi connectivity index (χ3v) is 6.15. The number of fused-ring (bicyclic) bond motifs is 1. The Morgan fingerprint density at radius 1 is 1.17 bits per heavy atom. The molecule has 0 spiro atoms. The number of carbonyl (C=O) groups is 1. The van der Waals surface area contributed by atoms with Crippen molar-refractivity contribution in [3.8, 4) is 11.5 Å². The zero-order chi connectivity index (χ0) is 20.9. The van der Waals surface area contributed by atoms with Crippen molar-refractivity contribution in [3.63, 3.8) is 0 Å². The van der Waals surface area contributed by atoms with Crippen LogP contribution in [-0.2, 0) is 11.2 Å². The first-order valence-corrected chi connectivity index (χ1v) is 11.1. The number of aryl methyl sites for hydroxylation is 1. The minimum atomic E-state index is 0.0810. The average molecular weight is 429 g/mol. The molecule has 0 saturated heterocycles. The summed E-state index contributed by atoms with van der Waals surface area (Å²) in [5.74, 6) is 3.03. The molecule has 0 bridgehead atoms. The zero-order valence-electron chi connectivity index (χ0n) is 17.4. The lowest BCUT2D eigenvalue weighted by Crippen LogP contribution is -2.19. The summed E-state index contributed by atoms with van der Waals surface area (Å²) in [7, 11) is 1.71. The van der Waals surface area contributed by atoms with E-state index in [0.717, 1.165) is 54.6 Å². The lowest BCUT2D eigenvalue weighted by atomic mass is 10.0. The summed E-state index contributed by atoms with van der Waals surface area (Å²) in [6, 6.07) is 11.8. The van der Waals surface area contributed by atoms with Crippen molar-refractivity contribution < 1.29 is 14.3 Å². The molecule has 1 aliphatic heterocycles. The van der Waals surface area contributed by atoms with Crippen molar-refractivity contribution in [1.82, 2.24) is 5.32 Å². The fraction of sp³-hybridized carbons (Fsp3) is 0.458. The topological polar surface area (TPSA) is 59.6 Å². The van der Waals surface area contributed by atoms with Crippen LogP contribution in [0.4, 0.5) is 5.69 Å². The van der Waals surface area contributed by atoms with Gasteiger partial charge in [0.1, 0.15) is 11.5 Å². The van der Waals surface area contributed by atoms with E-state index in [0.29, 0.717) is 24.9 Å². The monoisotopic (exact) mass is 428 g/mol. The van der Waals surface area contributed by atoms with Crippen LogP contribution >= 0.6 is 11.6 Å². The molecule has 160 valence electrons. The van der Waals surface area contributed by atoms with Gasteiger partial charge in [0, 0.05) is 23.2 Å². The summed E-state index contributed by atoms with van der Waals surface area (Å²) in [6.45, 7) is 2.69. The summed E-state index contributed by atoms with van der Waals surface area (Å²) in [5, 5.41) is 7.25. The van der Waals surface area contributed by atoms with Crippen LogP contribution in [-0.4, -0.2) is 32.7 Å². The van der Waals surface area contributed by atoms with Crippen LogP contribution in [0.25, 0.3) is 0 Å². The molecule has 0 aromatic heterocycles. The van der Waals surface area contributed by atoms with Gasteiger partial charge in [0.2, 0.25) is 5.91 Å². The predicted octanol–water partition coefficient (Wildman–Crippen LogP) is 4.79. The summed E-state index contributed by atoms with van der Waals surface area (Å²) in [5.41, 5.74) is 3.30. The summed E-state index contributed by atoms with van der Waals surface area (Å²) < 4.78 is 11.3. The van der Waals surface area contributed by atoms with Crippen molar-refractivity contribution in [2.45, 2.75) is 38.0 Å². The second-order valence-electron chi connectivity index (χ2n) is 8.12. The summed E-state index contributed by atoms with van der Waals surface area (Å²) in [6.07, 6.45) is 4.61. The molecule has 1 fully saturated rings. The van der Waals surface area contributed by atoms with Gasteiger partial charge in [-0.3, -0.25) is 4.79 Å². The third kappa shape index (κ3) is 5.27. The number of anilines is 1. The Morgan fingerprint density at radius 2 is 2.07 bits per heavy atom. The Kier molecular flexibility index (Phi) is 6.80. The summed E-state index contributed by atoms with van der Waals surface area (Å²) in [4.78, 5) is 11.5. The fourth-order valence-electron chi connectivity index (χ4n) is 4.12. The maximum absolute atomic E-state index is 11.5. The smallest absolute Gasteiger partial charge is 0.224 e. The Morgan fingerprint density at radius 3 is 2.93 bits per heavy atom. The van der Waals surface area contributed by atoms with Gasteiger partial charge in [-0.1, -0.05) is 17.7 Å². The Balaban J connectivity index is 1.11. The van der Waals surface area contributed by atoms with Gasteiger partial charge < -0.3 is 20.1 Å². The molecule has 2 aliphatic rings. The number of nitrogens with one attached hydrogen (secondary N) is 2. The van der Waals surface area contributed by atoms with Crippen LogP contribution in [0.2, 0.25) is 5.02 Å². The van der Waals surface area contributed by atoms with E-state index in [-0.39, 0.29) is 5.91 Å². The van der Waals surface area contributed by atoms with Crippen molar-refractivity contribution in [2.75, 3.05) is 32.1 Å². The van der Waals surface area contributed by atoms with Crippen LogP contribution in [0.15, 0.2) is 36.4 Å². The normalized spacial score (nSPS) is 19.7. The highest BCUT2D eigenvalue weighted by Gasteiger charge is 2.39. The molecule has 0 radical (unpaired) electrons. The Labute approximate surface area is 183 Å². The molecule has 1 heterocycles. The quantitative estimate of drug-likeness (QED) is 0.534. The number of hydrogen-bond acceptors (Lipinski definition) is 4. The number of ether oxygens (including phenoxy) is 2. The van der Waals surface area contributed by atoms with E-state index < -0.39 is 0 Å². The van der Waals surface area contributed by atoms with Crippen molar-refractivity contribution in [2.24, 2.45) is 5.92 Å². The van der Waals surface area contributed by atoms with E-state index in [1.807, 2.05) is 36.4 Å². The first-order valence-electron chi connectivity index (χ1n) is 10.7. The lowest BCUT2D eigenvalue weighted by molar-refractivity contribution is -0.116. The number of halogens is 1. The number of hydrogen-bond donors (Lipinski definition) is 2. The molecule has 5 nitrogen and oxygen atoms in total. The molecule has 2 N–H and O–H groups in total. The number of carbonyl (C=O) groups excluding carboxylic acids is 1. The molecule has 30 heavy (non-hydrogen) atoms. The molecule has 1 saturated carbocycles. The lowest BCUT2D eigenvalue weighted by Gasteiger charge is -2.17. The number of unbranched alkanes of at least 4 members (excludes halogenated alkanes) is 1. The zero-order valence-corrected chi connectivity index (χ0v) is 18.1. The highest BCUT2D eigenvalue weighted by molar-refractivity contribution is 6.30. The number of benzene rings is 2. The highest BCUT2D eigenvalue weighted by atomic mass is 35.5. The molecule has 0 unspecified atom stereocenters. The molecule has 4 rings (SSSR count). The van der Waals surface area contributed by atoms with Crippen LogP contribution < -0.4 is 20.1 Å². The highest BCUT2D eigenvalue weighted by Crippen LogP contribution is 2.50.